The molecule has 3 heterocycles. The van der Waals surface area contributed by atoms with Crippen LogP contribution in [0.4, 0.5) is 4.79 Å². The van der Waals surface area contributed by atoms with Gasteiger partial charge in [-0.1, -0.05) is 54.6 Å². The normalized spacial score (nSPS) is 15.0. The Morgan fingerprint density at radius 3 is 2.49 bits per heavy atom. The fraction of sp³-hybridized carbons (Fsp3) is 0.323. The monoisotopic (exact) mass is 550 g/mol. The van der Waals surface area contributed by atoms with Crippen molar-refractivity contribution in [3.8, 4) is 40.0 Å². The number of pyridine rings is 1. The van der Waals surface area contributed by atoms with Gasteiger partial charge in [0.05, 0.1) is 17.3 Å². The van der Waals surface area contributed by atoms with Crippen molar-refractivity contribution < 1.29 is 14.3 Å². The SMILES string of the molecule is CC(C)(C)OC(=O)NC1(c2ccc(-c3nc4c(cc3-c3ccccc3)-n3c(nn(CC#N)c3=O)CO4)cc2)CCC1. The Kier molecular flexibility index (Phi) is 6.37. The first kappa shape index (κ1) is 26.3. The zero-order chi connectivity index (χ0) is 28.8. The fourth-order valence-electron chi connectivity index (χ4n) is 5.36. The predicted molar refractivity (Wildman–Crippen MR) is 151 cm³/mol. The van der Waals surface area contributed by atoms with Gasteiger partial charge in [-0.15, -0.1) is 5.10 Å². The molecule has 2 aliphatic rings. The summed E-state index contributed by atoms with van der Waals surface area (Å²) in [7, 11) is 0. The smallest absolute Gasteiger partial charge is 0.408 e. The maximum absolute atomic E-state index is 13.1. The Morgan fingerprint density at radius 1 is 1.12 bits per heavy atom. The second-order valence-corrected chi connectivity index (χ2v) is 11.4. The lowest BCUT2D eigenvalue weighted by atomic mass is 9.71. The van der Waals surface area contributed by atoms with E-state index in [9.17, 15) is 9.59 Å². The molecule has 0 saturated heterocycles. The summed E-state index contributed by atoms with van der Waals surface area (Å²) in [5.74, 6) is 0.732. The van der Waals surface area contributed by atoms with Crippen molar-refractivity contribution in [2.45, 2.75) is 64.3 Å². The van der Waals surface area contributed by atoms with Crippen LogP contribution in [-0.4, -0.2) is 31.0 Å². The first-order valence-corrected chi connectivity index (χ1v) is 13.6. The van der Waals surface area contributed by atoms with Gasteiger partial charge in [-0.25, -0.2) is 19.1 Å². The Bertz CT molecular complexity index is 1720. The third kappa shape index (κ3) is 4.84. The average molecular weight is 551 g/mol. The summed E-state index contributed by atoms with van der Waals surface area (Å²) in [6, 6.07) is 21.7. The van der Waals surface area contributed by atoms with Gasteiger partial charge in [0.15, 0.2) is 12.4 Å². The molecule has 1 aliphatic heterocycles. The predicted octanol–water partition coefficient (Wildman–Crippen LogP) is 5.08. The number of rotatable bonds is 5. The minimum absolute atomic E-state index is 0.0651. The van der Waals surface area contributed by atoms with Crippen LogP contribution in [0.1, 0.15) is 51.4 Å². The number of aromatic nitrogens is 4. The number of amides is 1. The number of hydrogen-bond acceptors (Lipinski definition) is 7. The number of benzene rings is 2. The number of carbonyl (C=O) groups excluding carboxylic acids is 1. The quantitative estimate of drug-likeness (QED) is 0.367. The van der Waals surface area contributed by atoms with Crippen molar-refractivity contribution in [2.75, 3.05) is 0 Å². The lowest BCUT2D eigenvalue weighted by molar-refractivity contribution is 0.0377. The van der Waals surface area contributed by atoms with Crippen molar-refractivity contribution in [3.63, 3.8) is 0 Å². The van der Waals surface area contributed by atoms with E-state index in [0.717, 1.165) is 46.2 Å². The molecule has 1 aliphatic carbocycles. The Labute approximate surface area is 237 Å². The van der Waals surface area contributed by atoms with Crippen LogP contribution >= 0.6 is 0 Å². The van der Waals surface area contributed by atoms with E-state index in [1.54, 1.807) is 0 Å². The van der Waals surface area contributed by atoms with E-state index < -0.39 is 22.9 Å². The lowest BCUT2D eigenvalue weighted by Crippen LogP contribution is -2.52. The van der Waals surface area contributed by atoms with E-state index >= 15 is 0 Å². The van der Waals surface area contributed by atoms with Crippen LogP contribution in [0.15, 0.2) is 65.5 Å². The van der Waals surface area contributed by atoms with Crippen LogP contribution < -0.4 is 15.7 Å². The Balaban J connectivity index is 1.41. The highest BCUT2D eigenvalue weighted by Gasteiger charge is 2.41. The zero-order valence-corrected chi connectivity index (χ0v) is 23.2. The molecule has 6 rings (SSSR count). The third-order valence-electron chi connectivity index (χ3n) is 7.42. The number of nitrogens with zero attached hydrogens (tertiary/aromatic N) is 5. The van der Waals surface area contributed by atoms with Crippen molar-refractivity contribution in [2.24, 2.45) is 0 Å². The summed E-state index contributed by atoms with van der Waals surface area (Å²) < 4.78 is 14.1. The van der Waals surface area contributed by atoms with E-state index in [1.807, 2.05) is 87.5 Å². The van der Waals surface area contributed by atoms with E-state index in [2.05, 4.69) is 10.4 Å². The summed E-state index contributed by atoms with van der Waals surface area (Å²) in [5.41, 5.74) is 3.35. The van der Waals surface area contributed by atoms with Gasteiger partial charge in [0.1, 0.15) is 17.8 Å². The van der Waals surface area contributed by atoms with Gasteiger partial charge < -0.3 is 14.8 Å². The second-order valence-electron chi connectivity index (χ2n) is 11.4. The van der Waals surface area contributed by atoms with Crippen LogP contribution in [0.2, 0.25) is 0 Å². The second kappa shape index (κ2) is 9.93. The molecule has 0 atom stereocenters. The summed E-state index contributed by atoms with van der Waals surface area (Å²) >= 11 is 0. The van der Waals surface area contributed by atoms with Crippen molar-refractivity contribution in [1.29, 1.82) is 5.26 Å². The molecule has 4 aromatic rings. The topological polar surface area (TPSA) is 124 Å². The van der Waals surface area contributed by atoms with Crippen LogP contribution in [0.3, 0.4) is 0 Å². The maximum Gasteiger partial charge on any atom is 0.408 e. The highest BCUT2D eigenvalue weighted by molar-refractivity contribution is 5.83. The molecule has 0 unspecified atom stereocenters. The molecule has 1 fully saturated rings. The molecular weight excluding hydrogens is 520 g/mol. The van der Waals surface area contributed by atoms with Gasteiger partial charge in [0.2, 0.25) is 5.88 Å². The highest BCUT2D eigenvalue weighted by atomic mass is 16.6. The zero-order valence-electron chi connectivity index (χ0n) is 23.2. The summed E-state index contributed by atoms with van der Waals surface area (Å²) in [6.07, 6.45) is 2.27. The standard InChI is InChI=1S/C31H30N6O4/c1-30(2,3)41-28(38)34-31(14-7-15-31)22-12-10-21(11-13-22)26-23(20-8-5-4-6-9-20)18-24-27(33-26)40-19-25-35-36(17-16-32)29(39)37(24)25/h4-6,8-13,18H,7,14-15,17,19H2,1-3H3,(H,34,38). The molecule has 1 amide bonds. The van der Waals surface area contributed by atoms with Crippen LogP contribution in [0.25, 0.3) is 28.1 Å². The van der Waals surface area contributed by atoms with Crippen LogP contribution in [0, 0.1) is 11.3 Å². The van der Waals surface area contributed by atoms with Crippen molar-refractivity contribution in [1.82, 2.24) is 24.6 Å². The largest absolute Gasteiger partial charge is 0.468 e. The Hall–Kier alpha value is -4.91. The summed E-state index contributed by atoms with van der Waals surface area (Å²) in [4.78, 5) is 30.6. The minimum atomic E-state index is -0.576. The van der Waals surface area contributed by atoms with Gasteiger partial charge in [-0.05, 0) is 57.2 Å². The third-order valence-corrected chi connectivity index (χ3v) is 7.42. The van der Waals surface area contributed by atoms with Gasteiger partial charge in [0.25, 0.3) is 0 Å². The average Bonchev–Trinajstić information content (AvgIpc) is 3.25. The van der Waals surface area contributed by atoms with Gasteiger partial charge >= 0.3 is 11.8 Å². The van der Waals surface area contributed by atoms with Crippen molar-refractivity contribution in [3.05, 3.63) is 82.5 Å². The van der Waals surface area contributed by atoms with Gasteiger partial charge in [-0.3, -0.25) is 0 Å². The van der Waals surface area contributed by atoms with E-state index in [-0.39, 0.29) is 13.2 Å². The fourth-order valence-corrected chi connectivity index (χ4v) is 5.36. The molecule has 10 heteroatoms. The molecular formula is C31H30N6O4. The molecule has 0 spiro atoms. The molecule has 41 heavy (non-hydrogen) atoms. The highest BCUT2D eigenvalue weighted by Crippen LogP contribution is 2.43. The van der Waals surface area contributed by atoms with Crippen LogP contribution in [0.5, 0.6) is 5.88 Å². The number of fused-ring (bicyclic) bond motifs is 3. The van der Waals surface area contributed by atoms with Crippen molar-refractivity contribution >= 4 is 6.09 Å². The van der Waals surface area contributed by atoms with E-state index in [0.29, 0.717) is 23.1 Å². The van der Waals surface area contributed by atoms with E-state index in [1.165, 1.54) is 4.57 Å². The maximum atomic E-state index is 13.1. The molecule has 10 nitrogen and oxygen atoms in total. The molecule has 2 aromatic heterocycles. The number of carbonyl (C=O) groups is 1. The minimum Gasteiger partial charge on any atom is -0.468 e. The summed E-state index contributed by atoms with van der Waals surface area (Å²) in [6.45, 7) is 5.47. The molecule has 2 aromatic carbocycles. The molecule has 0 radical (unpaired) electrons. The number of hydrogen-bond donors (Lipinski definition) is 1. The Morgan fingerprint density at radius 2 is 1.85 bits per heavy atom. The van der Waals surface area contributed by atoms with E-state index in [4.69, 9.17) is 19.7 Å². The molecule has 1 saturated carbocycles. The number of alkyl carbamates (subject to hydrolysis) is 1. The van der Waals surface area contributed by atoms with Gasteiger partial charge in [0, 0.05) is 11.1 Å². The first-order chi connectivity index (χ1) is 19.7. The number of nitriles is 1. The first-order valence-electron chi connectivity index (χ1n) is 13.6. The van der Waals surface area contributed by atoms with Gasteiger partial charge in [-0.2, -0.15) is 9.94 Å². The molecule has 1 N–H and O–H groups in total. The molecule has 208 valence electrons. The van der Waals surface area contributed by atoms with Crippen LogP contribution in [-0.2, 0) is 23.4 Å². The molecule has 0 bridgehead atoms. The summed E-state index contributed by atoms with van der Waals surface area (Å²) in [5, 5.41) is 16.5. The lowest BCUT2D eigenvalue weighted by Gasteiger charge is -2.43. The number of nitrogens with one attached hydrogen (secondary N) is 1. The number of ether oxygens (including phenoxy) is 2.